The Morgan fingerprint density at radius 3 is 2.81 bits per heavy atom. The molecule has 1 atom stereocenters. The molecule has 1 aliphatic heterocycles. The molecular weight excluding hydrogens is 386 g/mol. The number of aliphatic hydroxyl groups excluding tert-OH is 1. The Morgan fingerprint density at radius 2 is 2.11 bits per heavy atom. The van der Waals surface area contributed by atoms with Gasteiger partial charge in [0.2, 0.25) is 0 Å². The van der Waals surface area contributed by atoms with Crippen molar-refractivity contribution < 1.29 is 14.7 Å². The summed E-state index contributed by atoms with van der Waals surface area (Å²) >= 11 is 7.50. The average Bonchev–Trinajstić information content (AvgIpc) is 2.64. The maximum Gasteiger partial charge on any atom is 0.262 e. The molecule has 1 aromatic heterocycles. The van der Waals surface area contributed by atoms with Crippen molar-refractivity contribution in [1.29, 1.82) is 0 Å². The first-order valence-electron chi connectivity index (χ1n) is 9.36. The molecule has 0 aliphatic carbocycles. The molecular formula is C19H27ClN3O3S+. The van der Waals surface area contributed by atoms with Crippen LogP contribution in [-0.4, -0.2) is 59.4 Å². The number of benzene rings is 1. The highest BCUT2D eigenvalue weighted by Gasteiger charge is 2.20. The molecule has 2 aromatic rings. The minimum Gasteiger partial charge on any atom is -0.386 e. The lowest BCUT2D eigenvalue weighted by molar-refractivity contribution is -0.910. The van der Waals surface area contributed by atoms with Crippen LogP contribution in [0.4, 0.5) is 0 Å². The summed E-state index contributed by atoms with van der Waals surface area (Å²) in [5, 5.41) is 12.2. The highest BCUT2D eigenvalue weighted by Crippen LogP contribution is 2.21. The Hall–Kier alpha value is -1.12. The van der Waals surface area contributed by atoms with Crippen LogP contribution in [0.2, 0.25) is 5.02 Å². The summed E-state index contributed by atoms with van der Waals surface area (Å²) in [5.74, 6) is 0.816. The van der Waals surface area contributed by atoms with E-state index in [2.05, 4.69) is 18.8 Å². The summed E-state index contributed by atoms with van der Waals surface area (Å²) in [5.41, 5.74) is 0.562. The van der Waals surface area contributed by atoms with E-state index in [9.17, 15) is 9.90 Å². The van der Waals surface area contributed by atoms with Crippen LogP contribution in [0.1, 0.15) is 13.8 Å². The number of morpholine rings is 1. The lowest BCUT2D eigenvalue weighted by Gasteiger charge is -2.25. The van der Waals surface area contributed by atoms with Crippen molar-refractivity contribution >= 4 is 34.3 Å². The fourth-order valence-corrected chi connectivity index (χ4v) is 4.34. The van der Waals surface area contributed by atoms with Gasteiger partial charge < -0.3 is 14.7 Å². The van der Waals surface area contributed by atoms with E-state index in [4.69, 9.17) is 16.3 Å². The summed E-state index contributed by atoms with van der Waals surface area (Å²) in [7, 11) is 0. The van der Waals surface area contributed by atoms with E-state index in [1.165, 1.54) is 16.7 Å². The molecule has 8 heteroatoms. The number of aliphatic hydroxyl groups is 1. The molecule has 1 aromatic carbocycles. The van der Waals surface area contributed by atoms with Crippen molar-refractivity contribution in [3.8, 4) is 0 Å². The number of halogens is 1. The molecule has 27 heavy (non-hydrogen) atoms. The van der Waals surface area contributed by atoms with E-state index >= 15 is 0 Å². The molecule has 0 unspecified atom stereocenters. The Labute approximate surface area is 168 Å². The van der Waals surface area contributed by atoms with Crippen LogP contribution in [0.5, 0.6) is 0 Å². The normalized spacial score (nSPS) is 16.9. The van der Waals surface area contributed by atoms with Gasteiger partial charge in [-0.25, -0.2) is 4.98 Å². The largest absolute Gasteiger partial charge is 0.386 e. The highest BCUT2D eigenvalue weighted by atomic mass is 35.5. The summed E-state index contributed by atoms with van der Waals surface area (Å²) in [6, 6.07) is 5.19. The molecule has 0 saturated carbocycles. The number of rotatable bonds is 7. The topological polar surface area (TPSA) is 68.8 Å². The number of nitrogens with one attached hydrogen (secondary N) is 1. The second-order valence-electron chi connectivity index (χ2n) is 7.40. The van der Waals surface area contributed by atoms with Crippen molar-refractivity contribution in [2.45, 2.75) is 31.7 Å². The van der Waals surface area contributed by atoms with Gasteiger partial charge in [-0.05, 0) is 24.1 Å². The first kappa shape index (κ1) is 20.6. The van der Waals surface area contributed by atoms with Crippen LogP contribution in [0.3, 0.4) is 0 Å². The van der Waals surface area contributed by atoms with Crippen LogP contribution in [0, 0.1) is 5.92 Å². The SMILES string of the molecule is CC(C)Cn1c(SC[C@H](O)C[NH+]2CCOCC2)nc2ccc(Cl)cc2c1=O. The maximum atomic E-state index is 13.0. The third kappa shape index (κ3) is 5.45. The second kappa shape index (κ2) is 9.39. The predicted molar refractivity (Wildman–Crippen MR) is 109 cm³/mol. The fraction of sp³-hybridized carbons (Fsp3) is 0.579. The Morgan fingerprint density at radius 1 is 1.37 bits per heavy atom. The zero-order chi connectivity index (χ0) is 19.4. The molecule has 0 spiro atoms. The minimum absolute atomic E-state index is 0.0769. The lowest BCUT2D eigenvalue weighted by Crippen LogP contribution is -3.15. The number of ether oxygens (including phenoxy) is 1. The van der Waals surface area contributed by atoms with Crippen molar-refractivity contribution in [1.82, 2.24) is 9.55 Å². The number of nitrogens with zero attached hydrogens (tertiary/aromatic N) is 2. The quantitative estimate of drug-likeness (QED) is 0.526. The van der Waals surface area contributed by atoms with Gasteiger partial charge in [-0.15, -0.1) is 0 Å². The lowest BCUT2D eigenvalue weighted by atomic mass is 10.2. The molecule has 0 amide bonds. The van der Waals surface area contributed by atoms with Gasteiger partial charge in [0.25, 0.3) is 5.56 Å². The first-order valence-corrected chi connectivity index (χ1v) is 10.7. The van der Waals surface area contributed by atoms with Crippen molar-refractivity contribution in [3.05, 3.63) is 33.6 Å². The van der Waals surface area contributed by atoms with Crippen LogP contribution in [0.25, 0.3) is 10.9 Å². The zero-order valence-corrected chi connectivity index (χ0v) is 17.4. The summed E-state index contributed by atoms with van der Waals surface area (Å²) in [4.78, 5) is 19.0. The number of hydrogen-bond donors (Lipinski definition) is 2. The molecule has 148 valence electrons. The number of quaternary nitrogens is 1. The molecule has 0 radical (unpaired) electrons. The van der Waals surface area contributed by atoms with E-state index in [-0.39, 0.29) is 5.56 Å². The first-order chi connectivity index (χ1) is 12.9. The standard InChI is InChI=1S/C19H26ClN3O3S/c1-13(2)10-23-18(25)16-9-14(20)3-4-17(16)21-19(23)27-12-15(24)11-22-5-7-26-8-6-22/h3-4,9,13,15,24H,5-8,10-12H2,1-2H3/p+1/t15-/m1/s1. The smallest absolute Gasteiger partial charge is 0.262 e. The molecule has 6 nitrogen and oxygen atoms in total. The Balaban J connectivity index is 1.79. The molecule has 2 heterocycles. The second-order valence-corrected chi connectivity index (χ2v) is 8.82. The zero-order valence-electron chi connectivity index (χ0n) is 15.8. The van der Waals surface area contributed by atoms with Gasteiger partial charge >= 0.3 is 0 Å². The maximum absolute atomic E-state index is 13.0. The Kier molecular flexibility index (Phi) is 7.16. The number of hydrogen-bond acceptors (Lipinski definition) is 5. The highest BCUT2D eigenvalue weighted by molar-refractivity contribution is 7.99. The van der Waals surface area contributed by atoms with E-state index in [0.29, 0.717) is 45.8 Å². The molecule has 1 aliphatic rings. The van der Waals surface area contributed by atoms with Gasteiger partial charge in [0.05, 0.1) is 24.1 Å². The molecule has 3 rings (SSSR count). The minimum atomic E-state index is -0.451. The average molecular weight is 413 g/mol. The monoisotopic (exact) mass is 412 g/mol. The van der Waals surface area contributed by atoms with Crippen LogP contribution in [-0.2, 0) is 11.3 Å². The third-order valence-electron chi connectivity index (χ3n) is 4.56. The molecule has 0 bridgehead atoms. The number of aromatic nitrogens is 2. The van der Waals surface area contributed by atoms with Crippen LogP contribution in [0.15, 0.2) is 28.2 Å². The van der Waals surface area contributed by atoms with Crippen molar-refractivity contribution in [2.24, 2.45) is 5.92 Å². The van der Waals surface area contributed by atoms with Gasteiger partial charge in [-0.2, -0.15) is 0 Å². The Bertz CT molecular complexity index is 837. The third-order valence-corrected chi connectivity index (χ3v) is 5.91. The number of thioether (sulfide) groups is 1. The van der Waals surface area contributed by atoms with Gasteiger partial charge in [0, 0.05) is 17.3 Å². The molecule has 1 saturated heterocycles. The van der Waals surface area contributed by atoms with Gasteiger partial charge in [-0.3, -0.25) is 9.36 Å². The summed E-state index contributed by atoms with van der Waals surface area (Å²) < 4.78 is 7.07. The summed E-state index contributed by atoms with van der Waals surface area (Å²) in [6.07, 6.45) is -0.451. The van der Waals surface area contributed by atoms with E-state index in [0.717, 1.165) is 26.3 Å². The summed E-state index contributed by atoms with van der Waals surface area (Å²) in [6.45, 7) is 8.76. The van der Waals surface area contributed by atoms with Crippen molar-refractivity contribution in [2.75, 3.05) is 38.6 Å². The molecule has 1 fully saturated rings. The van der Waals surface area contributed by atoms with E-state index in [1.54, 1.807) is 22.8 Å². The number of fused-ring (bicyclic) bond motifs is 1. The van der Waals surface area contributed by atoms with Crippen molar-refractivity contribution in [3.63, 3.8) is 0 Å². The van der Waals surface area contributed by atoms with E-state index < -0.39 is 6.10 Å². The van der Waals surface area contributed by atoms with E-state index in [1.807, 2.05) is 0 Å². The van der Waals surface area contributed by atoms with Gasteiger partial charge in [0.15, 0.2) is 5.16 Å². The fourth-order valence-electron chi connectivity index (χ4n) is 3.24. The van der Waals surface area contributed by atoms with Gasteiger partial charge in [-0.1, -0.05) is 37.2 Å². The van der Waals surface area contributed by atoms with Crippen LogP contribution < -0.4 is 10.5 Å². The molecule has 2 N–H and O–H groups in total. The van der Waals surface area contributed by atoms with Gasteiger partial charge in [0.1, 0.15) is 25.7 Å². The van der Waals surface area contributed by atoms with Crippen LogP contribution >= 0.6 is 23.4 Å². The predicted octanol–water partition coefficient (Wildman–Crippen LogP) is 1.07.